The van der Waals surface area contributed by atoms with E-state index in [-0.39, 0.29) is 11.2 Å². The van der Waals surface area contributed by atoms with Crippen LogP contribution in [-0.4, -0.2) is 27.2 Å². The Morgan fingerprint density at radius 2 is 1.96 bits per heavy atom. The van der Waals surface area contributed by atoms with Gasteiger partial charge >= 0.3 is 0 Å². The van der Waals surface area contributed by atoms with Crippen molar-refractivity contribution in [2.24, 2.45) is 0 Å². The molecule has 124 valence electrons. The van der Waals surface area contributed by atoms with Crippen LogP contribution in [0.1, 0.15) is 33.1 Å². The third-order valence-electron chi connectivity index (χ3n) is 3.70. The molecule has 1 aromatic carbocycles. The second-order valence-corrected chi connectivity index (χ2v) is 5.96. The van der Waals surface area contributed by atoms with Gasteiger partial charge in [0.05, 0.1) is 12.1 Å². The van der Waals surface area contributed by atoms with E-state index in [9.17, 15) is 5.11 Å². The number of rotatable bonds is 7. The summed E-state index contributed by atoms with van der Waals surface area (Å²) in [4.78, 5) is 8.74. The third kappa shape index (κ3) is 4.56. The number of nitrogen functional groups attached to an aromatic ring is 1. The van der Waals surface area contributed by atoms with Crippen molar-refractivity contribution in [3.63, 3.8) is 0 Å². The molecule has 0 saturated heterocycles. The number of aliphatic hydroxyl groups is 1. The topological polar surface area (TPSA) is 84.1 Å². The minimum absolute atomic E-state index is 0.133. The highest BCUT2D eigenvalue weighted by atomic mass is 35.5. The number of aromatic nitrogens is 2. The van der Waals surface area contributed by atoms with E-state index < -0.39 is 6.10 Å². The first kappa shape index (κ1) is 17.5. The lowest BCUT2D eigenvalue weighted by Gasteiger charge is -2.23. The highest BCUT2D eigenvalue weighted by Gasteiger charge is 2.18. The maximum atomic E-state index is 9.97. The zero-order chi connectivity index (χ0) is 16.8. The Kier molecular flexibility index (Phi) is 6.19. The van der Waals surface area contributed by atoms with Crippen LogP contribution in [-0.2, 0) is 0 Å². The van der Waals surface area contributed by atoms with E-state index in [2.05, 4.69) is 22.2 Å². The molecule has 0 aliphatic rings. The zero-order valence-electron chi connectivity index (χ0n) is 13.5. The van der Waals surface area contributed by atoms with Crippen molar-refractivity contribution in [1.29, 1.82) is 0 Å². The van der Waals surface area contributed by atoms with Crippen molar-refractivity contribution in [3.05, 3.63) is 35.5 Å². The number of hydrogen-bond acceptors (Lipinski definition) is 5. The molecule has 2 aromatic rings. The summed E-state index contributed by atoms with van der Waals surface area (Å²) in [5, 5.41) is 13.4. The maximum absolute atomic E-state index is 9.97. The number of aliphatic hydroxyl groups excluding tert-OH is 1. The first-order chi connectivity index (χ1) is 11.0. The van der Waals surface area contributed by atoms with E-state index in [4.69, 9.17) is 17.3 Å². The molecular weight excluding hydrogens is 312 g/mol. The Labute approximate surface area is 141 Å². The fraction of sp³-hybridized carbons (Fsp3) is 0.412. The molecule has 5 nitrogen and oxygen atoms in total. The van der Waals surface area contributed by atoms with Crippen LogP contribution in [0.2, 0.25) is 5.15 Å². The fourth-order valence-electron chi connectivity index (χ4n) is 2.30. The van der Waals surface area contributed by atoms with E-state index in [1.165, 1.54) is 0 Å². The predicted octanol–water partition coefficient (Wildman–Crippen LogP) is 3.73. The van der Waals surface area contributed by atoms with Crippen LogP contribution in [0.5, 0.6) is 0 Å². The Morgan fingerprint density at radius 1 is 1.26 bits per heavy atom. The van der Waals surface area contributed by atoms with Crippen molar-refractivity contribution in [3.8, 4) is 11.4 Å². The molecule has 4 N–H and O–H groups in total. The molecule has 0 aliphatic heterocycles. The van der Waals surface area contributed by atoms with Gasteiger partial charge in [-0.15, -0.1) is 0 Å². The van der Waals surface area contributed by atoms with Gasteiger partial charge in [0, 0.05) is 5.56 Å². The maximum Gasteiger partial charge on any atom is 0.163 e. The van der Waals surface area contributed by atoms with Crippen LogP contribution in [0.4, 0.5) is 11.5 Å². The van der Waals surface area contributed by atoms with E-state index in [1.54, 1.807) is 6.92 Å². The number of nitrogens with one attached hydrogen (secondary N) is 1. The summed E-state index contributed by atoms with van der Waals surface area (Å²) in [6, 6.07) is 9.44. The van der Waals surface area contributed by atoms with Crippen LogP contribution in [0, 0.1) is 0 Å². The van der Waals surface area contributed by atoms with Crippen LogP contribution in [0.25, 0.3) is 11.4 Å². The first-order valence-electron chi connectivity index (χ1n) is 7.86. The van der Waals surface area contributed by atoms with Gasteiger partial charge in [0.2, 0.25) is 0 Å². The van der Waals surface area contributed by atoms with Crippen molar-refractivity contribution < 1.29 is 5.11 Å². The Balaban J connectivity index is 2.32. The number of nitrogens with two attached hydrogens (primary N) is 1. The normalized spacial score (nSPS) is 13.6. The average Bonchev–Trinajstić information content (AvgIpc) is 2.55. The highest BCUT2D eigenvalue weighted by Crippen LogP contribution is 2.28. The number of halogens is 1. The second kappa shape index (κ2) is 8.13. The molecule has 0 radical (unpaired) electrons. The van der Waals surface area contributed by atoms with Gasteiger partial charge in [-0.2, -0.15) is 0 Å². The van der Waals surface area contributed by atoms with Gasteiger partial charge in [-0.3, -0.25) is 0 Å². The third-order valence-corrected chi connectivity index (χ3v) is 3.99. The number of unbranched alkanes of at least 4 members (excludes halogenated alkanes) is 1. The highest BCUT2D eigenvalue weighted by molar-refractivity contribution is 6.32. The molecule has 0 amide bonds. The van der Waals surface area contributed by atoms with Crippen LogP contribution in [0.3, 0.4) is 0 Å². The summed E-state index contributed by atoms with van der Waals surface area (Å²) in [5.74, 6) is 0.970. The summed E-state index contributed by atoms with van der Waals surface area (Å²) in [5.41, 5.74) is 7.17. The smallest absolute Gasteiger partial charge is 0.163 e. The van der Waals surface area contributed by atoms with Gasteiger partial charge in [-0.1, -0.05) is 61.7 Å². The lowest BCUT2D eigenvalue weighted by atomic mass is 10.1. The second-order valence-electron chi connectivity index (χ2n) is 5.60. The molecule has 0 bridgehead atoms. The minimum Gasteiger partial charge on any atom is -0.393 e. The standard InChI is InChI=1S/C17H23ClN4O/c1-3-4-10-13(11(2)23)20-17-14(19)15(18)21-16(22-17)12-8-6-5-7-9-12/h5-9,11,13,23H,3-4,10,19H2,1-2H3,(H,20,21,22)/t11-,13+/m1/s1. The zero-order valence-corrected chi connectivity index (χ0v) is 14.2. The predicted molar refractivity (Wildman–Crippen MR) is 95.5 cm³/mol. The largest absolute Gasteiger partial charge is 0.393 e. The molecule has 0 unspecified atom stereocenters. The lowest BCUT2D eigenvalue weighted by Crippen LogP contribution is -2.32. The number of hydrogen-bond donors (Lipinski definition) is 3. The monoisotopic (exact) mass is 334 g/mol. The Morgan fingerprint density at radius 3 is 2.57 bits per heavy atom. The molecule has 0 spiro atoms. The van der Waals surface area contributed by atoms with E-state index in [0.717, 1.165) is 24.8 Å². The molecular formula is C17H23ClN4O. The molecule has 2 rings (SSSR count). The van der Waals surface area contributed by atoms with Gasteiger partial charge < -0.3 is 16.2 Å². The average molecular weight is 335 g/mol. The van der Waals surface area contributed by atoms with Gasteiger partial charge in [0.1, 0.15) is 5.69 Å². The first-order valence-corrected chi connectivity index (χ1v) is 8.23. The van der Waals surface area contributed by atoms with E-state index >= 15 is 0 Å². The number of nitrogens with zero attached hydrogens (tertiary/aromatic N) is 2. The van der Waals surface area contributed by atoms with Crippen LogP contribution >= 0.6 is 11.6 Å². The molecule has 0 aliphatic carbocycles. The molecule has 0 saturated carbocycles. The number of benzene rings is 1. The van der Waals surface area contributed by atoms with Gasteiger partial charge in [0.15, 0.2) is 16.8 Å². The molecule has 6 heteroatoms. The van der Waals surface area contributed by atoms with Crippen LogP contribution in [0.15, 0.2) is 30.3 Å². The molecule has 1 aromatic heterocycles. The van der Waals surface area contributed by atoms with Crippen molar-refractivity contribution >= 4 is 23.1 Å². The van der Waals surface area contributed by atoms with Crippen molar-refractivity contribution in [2.75, 3.05) is 11.1 Å². The van der Waals surface area contributed by atoms with Crippen molar-refractivity contribution in [2.45, 2.75) is 45.3 Å². The number of anilines is 2. The SMILES string of the molecule is CCCC[C@H](Nc1nc(-c2ccccc2)nc(Cl)c1N)[C@@H](C)O. The summed E-state index contributed by atoms with van der Waals surface area (Å²) < 4.78 is 0. The fourth-order valence-corrected chi connectivity index (χ4v) is 2.47. The molecule has 23 heavy (non-hydrogen) atoms. The molecule has 0 fully saturated rings. The quantitative estimate of drug-likeness (QED) is 0.672. The van der Waals surface area contributed by atoms with Gasteiger partial charge in [-0.25, -0.2) is 9.97 Å². The van der Waals surface area contributed by atoms with Crippen LogP contribution < -0.4 is 11.1 Å². The minimum atomic E-state index is -0.519. The van der Waals surface area contributed by atoms with Gasteiger partial charge in [0.25, 0.3) is 0 Å². The molecule has 1 heterocycles. The summed E-state index contributed by atoms with van der Waals surface area (Å²) in [7, 11) is 0. The van der Waals surface area contributed by atoms with Crippen molar-refractivity contribution in [1.82, 2.24) is 9.97 Å². The summed E-state index contributed by atoms with van der Waals surface area (Å²) in [6.45, 7) is 3.87. The lowest BCUT2D eigenvalue weighted by molar-refractivity contribution is 0.166. The Bertz CT molecular complexity index is 634. The summed E-state index contributed by atoms with van der Waals surface area (Å²) >= 11 is 6.16. The van der Waals surface area contributed by atoms with E-state index in [0.29, 0.717) is 17.3 Å². The Hall–Kier alpha value is -1.85. The van der Waals surface area contributed by atoms with Gasteiger partial charge in [-0.05, 0) is 13.3 Å². The molecule has 2 atom stereocenters. The summed E-state index contributed by atoms with van der Waals surface area (Å²) in [6.07, 6.45) is 2.37. The van der Waals surface area contributed by atoms with E-state index in [1.807, 2.05) is 30.3 Å².